The first-order valence-electron chi connectivity index (χ1n) is 11.8. The van der Waals surface area contributed by atoms with Crippen LogP contribution in [0.5, 0.6) is 0 Å². The van der Waals surface area contributed by atoms with Crippen molar-refractivity contribution in [3.8, 4) is 5.82 Å². The number of carbonyl (C=O) groups is 1. The van der Waals surface area contributed by atoms with E-state index >= 15 is 0 Å². The van der Waals surface area contributed by atoms with E-state index < -0.39 is 0 Å². The zero-order chi connectivity index (χ0) is 22.8. The maximum Gasteiger partial charge on any atom is 0.225 e. The molecule has 1 amide bonds. The number of rotatable bonds is 4. The smallest absolute Gasteiger partial charge is 0.225 e. The van der Waals surface area contributed by atoms with Crippen LogP contribution in [0.4, 0.5) is 11.5 Å². The Labute approximate surface area is 194 Å². The molecule has 2 saturated heterocycles. The lowest BCUT2D eigenvalue weighted by Crippen LogP contribution is -2.51. The first kappa shape index (κ1) is 21.4. The first-order valence-corrected chi connectivity index (χ1v) is 11.8. The lowest BCUT2D eigenvalue weighted by atomic mass is 9.95. The number of piperidine rings is 1. The second kappa shape index (κ2) is 9.21. The van der Waals surface area contributed by atoms with Gasteiger partial charge in [0.05, 0.1) is 5.69 Å². The van der Waals surface area contributed by atoms with Crippen LogP contribution < -0.4 is 9.80 Å². The Morgan fingerprint density at radius 2 is 1.48 bits per heavy atom. The summed E-state index contributed by atoms with van der Waals surface area (Å²) in [5.74, 6) is 2.01. The number of anilines is 2. The van der Waals surface area contributed by atoms with Crippen molar-refractivity contribution in [1.29, 1.82) is 0 Å². The monoisotopic (exact) mass is 445 g/mol. The van der Waals surface area contributed by atoms with Crippen LogP contribution in [0.25, 0.3) is 5.82 Å². The highest BCUT2D eigenvalue weighted by atomic mass is 16.2. The third-order valence-corrected chi connectivity index (χ3v) is 6.74. The molecule has 8 nitrogen and oxygen atoms in total. The molecule has 0 radical (unpaired) electrons. The minimum atomic E-state index is 0.103. The second-order valence-corrected chi connectivity index (χ2v) is 9.00. The molecular weight excluding hydrogens is 414 g/mol. The molecule has 2 fully saturated rings. The van der Waals surface area contributed by atoms with Gasteiger partial charge in [0, 0.05) is 56.6 Å². The third-order valence-electron chi connectivity index (χ3n) is 6.74. The van der Waals surface area contributed by atoms with E-state index in [-0.39, 0.29) is 5.92 Å². The fourth-order valence-corrected chi connectivity index (χ4v) is 4.90. The zero-order valence-electron chi connectivity index (χ0n) is 19.4. The largest absolute Gasteiger partial charge is 0.368 e. The molecule has 5 rings (SSSR count). The number of benzene rings is 1. The lowest BCUT2D eigenvalue weighted by molar-refractivity contribution is -0.136. The summed E-state index contributed by atoms with van der Waals surface area (Å²) in [7, 11) is 0. The van der Waals surface area contributed by atoms with Crippen LogP contribution in [0, 0.1) is 19.8 Å². The summed E-state index contributed by atoms with van der Waals surface area (Å²) in [6.07, 6.45) is 1.72. The van der Waals surface area contributed by atoms with Crippen molar-refractivity contribution in [2.45, 2.75) is 26.7 Å². The summed E-state index contributed by atoms with van der Waals surface area (Å²) in [6.45, 7) is 9.03. The van der Waals surface area contributed by atoms with Crippen molar-refractivity contribution in [3.05, 3.63) is 59.9 Å². The Bertz CT molecular complexity index is 1080. The fraction of sp³-hybridized carbons (Fsp3) is 0.440. The van der Waals surface area contributed by atoms with Gasteiger partial charge in [-0.05, 0) is 57.0 Å². The van der Waals surface area contributed by atoms with Crippen LogP contribution in [-0.2, 0) is 4.79 Å². The normalized spacial score (nSPS) is 17.5. The summed E-state index contributed by atoms with van der Waals surface area (Å²) in [5, 5.41) is 13.3. The average molecular weight is 446 g/mol. The van der Waals surface area contributed by atoms with Gasteiger partial charge < -0.3 is 14.7 Å². The Morgan fingerprint density at radius 1 is 0.818 bits per heavy atom. The Hall–Kier alpha value is -3.42. The van der Waals surface area contributed by atoms with Gasteiger partial charge in [0.25, 0.3) is 0 Å². The summed E-state index contributed by atoms with van der Waals surface area (Å²) < 4.78 is 1.81. The average Bonchev–Trinajstić information content (AvgIpc) is 3.22. The standard InChI is InChI=1S/C25H31N7O/c1-19-18-20(2)32(28-19)24-9-8-23(26-27-24)30-12-10-21(11-13-30)25(33)31-16-14-29(15-17-31)22-6-4-3-5-7-22/h3-9,18,21H,10-17H2,1-2H3. The molecule has 2 aliphatic heterocycles. The highest BCUT2D eigenvalue weighted by Gasteiger charge is 2.31. The van der Waals surface area contributed by atoms with Gasteiger partial charge in [-0.2, -0.15) is 5.10 Å². The molecule has 0 saturated carbocycles. The van der Waals surface area contributed by atoms with E-state index in [0.717, 1.165) is 75.1 Å². The lowest BCUT2D eigenvalue weighted by Gasteiger charge is -2.39. The van der Waals surface area contributed by atoms with Crippen LogP contribution >= 0.6 is 0 Å². The molecule has 3 aromatic rings. The minimum Gasteiger partial charge on any atom is -0.368 e. The number of piperazine rings is 1. The van der Waals surface area contributed by atoms with Gasteiger partial charge in [-0.1, -0.05) is 18.2 Å². The first-order chi connectivity index (χ1) is 16.1. The molecular formula is C25H31N7O. The van der Waals surface area contributed by atoms with Gasteiger partial charge in [-0.15, -0.1) is 10.2 Å². The summed E-state index contributed by atoms with van der Waals surface area (Å²) in [6, 6.07) is 16.4. The maximum atomic E-state index is 13.1. The SMILES string of the molecule is Cc1cc(C)n(-c2ccc(N3CCC(C(=O)N4CCN(c5ccccc5)CC4)CC3)nn2)n1. The molecule has 0 aliphatic carbocycles. The van der Waals surface area contributed by atoms with Crippen molar-refractivity contribution < 1.29 is 4.79 Å². The topological polar surface area (TPSA) is 70.4 Å². The predicted molar refractivity (Wildman–Crippen MR) is 129 cm³/mol. The van der Waals surface area contributed by atoms with Gasteiger partial charge in [0.15, 0.2) is 11.6 Å². The molecule has 172 valence electrons. The number of para-hydroxylation sites is 1. The molecule has 0 bridgehead atoms. The highest BCUT2D eigenvalue weighted by Crippen LogP contribution is 2.25. The maximum absolute atomic E-state index is 13.1. The van der Waals surface area contributed by atoms with Crippen molar-refractivity contribution in [3.63, 3.8) is 0 Å². The Kier molecular flexibility index (Phi) is 5.98. The van der Waals surface area contributed by atoms with Crippen LogP contribution in [0.2, 0.25) is 0 Å². The van der Waals surface area contributed by atoms with E-state index in [1.54, 1.807) is 0 Å². The van der Waals surface area contributed by atoms with Crippen LogP contribution in [-0.4, -0.2) is 70.1 Å². The molecule has 0 spiro atoms. The van der Waals surface area contributed by atoms with Crippen LogP contribution in [0.1, 0.15) is 24.2 Å². The van der Waals surface area contributed by atoms with Crippen molar-refractivity contribution >= 4 is 17.4 Å². The van der Waals surface area contributed by atoms with Crippen molar-refractivity contribution in [2.24, 2.45) is 5.92 Å². The number of nitrogens with zero attached hydrogens (tertiary/aromatic N) is 7. The zero-order valence-corrected chi connectivity index (χ0v) is 19.4. The van der Waals surface area contributed by atoms with E-state index in [2.05, 4.69) is 54.3 Å². The molecule has 2 aromatic heterocycles. The van der Waals surface area contributed by atoms with E-state index in [0.29, 0.717) is 5.91 Å². The van der Waals surface area contributed by atoms with E-state index in [4.69, 9.17) is 0 Å². The highest BCUT2D eigenvalue weighted by molar-refractivity contribution is 5.79. The van der Waals surface area contributed by atoms with Crippen LogP contribution in [0.15, 0.2) is 48.5 Å². The summed E-state index contributed by atoms with van der Waals surface area (Å²) in [5.41, 5.74) is 3.24. The van der Waals surface area contributed by atoms with E-state index in [1.165, 1.54) is 5.69 Å². The van der Waals surface area contributed by atoms with Gasteiger partial charge in [-0.25, -0.2) is 4.68 Å². The van der Waals surface area contributed by atoms with Gasteiger partial charge >= 0.3 is 0 Å². The van der Waals surface area contributed by atoms with Gasteiger partial charge in [-0.3, -0.25) is 4.79 Å². The van der Waals surface area contributed by atoms with Crippen molar-refractivity contribution in [1.82, 2.24) is 24.9 Å². The number of carbonyl (C=O) groups excluding carboxylic acids is 1. The Balaban J connectivity index is 1.13. The summed E-state index contributed by atoms with van der Waals surface area (Å²) in [4.78, 5) is 19.8. The number of hydrogen-bond donors (Lipinski definition) is 0. The summed E-state index contributed by atoms with van der Waals surface area (Å²) >= 11 is 0. The molecule has 8 heteroatoms. The molecule has 4 heterocycles. The molecule has 0 N–H and O–H groups in total. The molecule has 1 aromatic carbocycles. The quantitative estimate of drug-likeness (QED) is 0.615. The second-order valence-electron chi connectivity index (χ2n) is 9.00. The predicted octanol–water partition coefficient (Wildman–Crippen LogP) is 2.84. The van der Waals surface area contributed by atoms with Gasteiger partial charge in [0.1, 0.15) is 0 Å². The van der Waals surface area contributed by atoms with Crippen molar-refractivity contribution in [2.75, 3.05) is 49.1 Å². The Morgan fingerprint density at radius 3 is 2.09 bits per heavy atom. The fourth-order valence-electron chi connectivity index (χ4n) is 4.90. The number of hydrogen-bond acceptors (Lipinski definition) is 6. The van der Waals surface area contributed by atoms with E-state index in [1.807, 2.05) is 42.8 Å². The van der Waals surface area contributed by atoms with Crippen LogP contribution in [0.3, 0.4) is 0 Å². The third kappa shape index (κ3) is 4.55. The molecule has 2 aliphatic rings. The van der Waals surface area contributed by atoms with Gasteiger partial charge in [0.2, 0.25) is 5.91 Å². The molecule has 0 unspecified atom stereocenters. The number of aryl methyl sites for hydroxylation is 2. The minimum absolute atomic E-state index is 0.103. The molecule has 0 atom stereocenters. The number of aromatic nitrogens is 4. The van der Waals surface area contributed by atoms with E-state index in [9.17, 15) is 4.79 Å². The number of amides is 1. The molecule has 33 heavy (non-hydrogen) atoms.